The van der Waals surface area contributed by atoms with E-state index in [9.17, 15) is 0 Å². The van der Waals surface area contributed by atoms with Gasteiger partial charge in [0.15, 0.2) is 0 Å². The van der Waals surface area contributed by atoms with Crippen molar-refractivity contribution in [3.63, 3.8) is 0 Å². The van der Waals surface area contributed by atoms with Crippen molar-refractivity contribution in [2.45, 2.75) is 26.8 Å². The van der Waals surface area contributed by atoms with Crippen LogP contribution in [0.4, 0.5) is 5.69 Å². The molecule has 106 valence electrons. The van der Waals surface area contributed by atoms with Gasteiger partial charge >= 0.3 is 0 Å². The van der Waals surface area contributed by atoms with E-state index in [4.69, 9.17) is 4.74 Å². The van der Waals surface area contributed by atoms with E-state index in [0.717, 1.165) is 11.4 Å². The van der Waals surface area contributed by atoms with Gasteiger partial charge < -0.3 is 10.1 Å². The molecule has 0 aliphatic carbocycles. The third-order valence-electron chi connectivity index (χ3n) is 3.41. The largest absolute Gasteiger partial charge is 0.495 e. The summed E-state index contributed by atoms with van der Waals surface area (Å²) in [4.78, 5) is 0. The number of rotatable bonds is 4. The second kappa shape index (κ2) is 6.00. The molecule has 0 fully saturated rings. The lowest BCUT2D eigenvalue weighted by Gasteiger charge is -2.33. The molecular formula is C18H23NO. The molecule has 0 saturated carbocycles. The molecule has 2 aromatic carbocycles. The maximum absolute atomic E-state index is 5.43. The molecule has 0 aliphatic rings. The van der Waals surface area contributed by atoms with E-state index in [1.165, 1.54) is 5.56 Å². The van der Waals surface area contributed by atoms with Crippen LogP contribution in [0.5, 0.6) is 5.75 Å². The fraction of sp³-hybridized carbons (Fsp3) is 0.333. The highest BCUT2D eigenvalue weighted by molar-refractivity contribution is 5.57. The molecule has 2 nitrogen and oxygen atoms in total. The summed E-state index contributed by atoms with van der Waals surface area (Å²) < 4.78 is 5.43. The van der Waals surface area contributed by atoms with E-state index in [2.05, 4.69) is 56.4 Å². The van der Waals surface area contributed by atoms with Gasteiger partial charge in [0.2, 0.25) is 0 Å². The lowest BCUT2D eigenvalue weighted by molar-refractivity contribution is 0.345. The molecule has 0 heterocycles. The van der Waals surface area contributed by atoms with Crippen molar-refractivity contribution in [3.8, 4) is 5.75 Å². The monoisotopic (exact) mass is 269 g/mol. The van der Waals surface area contributed by atoms with Crippen LogP contribution in [0, 0.1) is 5.41 Å². The van der Waals surface area contributed by atoms with E-state index < -0.39 is 0 Å². The standard InChI is InChI=1S/C18H23NO/c1-18(2,3)17(14-10-6-5-7-11-14)19-15-12-8-9-13-16(15)20-4/h5-13,17,19H,1-4H3. The highest BCUT2D eigenvalue weighted by atomic mass is 16.5. The molecule has 1 N–H and O–H groups in total. The van der Waals surface area contributed by atoms with Gasteiger partial charge in [0.05, 0.1) is 18.8 Å². The molecule has 0 amide bonds. The fourth-order valence-electron chi connectivity index (χ4n) is 2.36. The summed E-state index contributed by atoms with van der Waals surface area (Å²) in [6, 6.07) is 18.8. The first kappa shape index (κ1) is 14.4. The number of methoxy groups -OCH3 is 1. The number of nitrogens with one attached hydrogen (secondary N) is 1. The summed E-state index contributed by atoms with van der Waals surface area (Å²) in [7, 11) is 1.70. The summed E-state index contributed by atoms with van der Waals surface area (Å²) >= 11 is 0. The smallest absolute Gasteiger partial charge is 0.141 e. The van der Waals surface area contributed by atoms with Crippen LogP contribution in [0.25, 0.3) is 0 Å². The minimum atomic E-state index is 0.0994. The Bertz CT molecular complexity index is 543. The molecule has 0 bridgehead atoms. The quantitative estimate of drug-likeness (QED) is 0.852. The van der Waals surface area contributed by atoms with Gasteiger partial charge in [0, 0.05) is 0 Å². The Kier molecular flexibility index (Phi) is 4.33. The Morgan fingerprint density at radius 2 is 1.50 bits per heavy atom. The topological polar surface area (TPSA) is 21.3 Å². The van der Waals surface area contributed by atoms with Crippen molar-refractivity contribution in [2.75, 3.05) is 12.4 Å². The first-order valence-corrected chi connectivity index (χ1v) is 6.97. The SMILES string of the molecule is COc1ccccc1NC(c1ccccc1)C(C)(C)C. The average molecular weight is 269 g/mol. The average Bonchev–Trinajstić information content (AvgIpc) is 2.45. The van der Waals surface area contributed by atoms with Crippen LogP contribution >= 0.6 is 0 Å². The number of hydrogen-bond acceptors (Lipinski definition) is 2. The van der Waals surface area contributed by atoms with E-state index in [-0.39, 0.29) is 11.5 Å². The van der Waals surface area contributed by atoms with Crippen molar-refractivity contribution in [1.29, 1.82) is 0 Å². The van der Waals surface area contributed by atoms with Crippen LogP contribution in [0.1, 0.15) is 32.4 Å². The third kappa shape index (κ3) is 3.32. The molecule has 0 radical (unpaired) electrons. The summed E-state index contributed by atoms with van der Waals surface area (Å²) in [6.45, 7) is 6.73. The van der Waals surface area contributed by atoms with Crippen molar-refractivity contribution in [1.82, 2.24) is 0 Å². The van der Waals surface area contributed by atoms with Crippen molar-refractivity contribution < 1.29 is 4.74 Å². The van der Waals surface area contributed by atoms with Gasteiger partial charge in [0.1, 0.15) is 5.75 Å². The van der Waals surface area contributed by atoms with Crippen LogP contribution in [0.2, 0.25) is 0 Å². The van der Waals surface area contributed by atoms with Gasteiger partial charge in [-0.05, 0) is 23.1 Å². The van der Waals surface area contributed by atoms with E-state index in [0.29, 0.717) is 0 Å². The van der Waals surface area contributed by atoms with Crippen molar-refractivity contribution in [2.24, 2.45) is 5.41 Å². The Morgan fingerprint density at radius 1 is 0.900 bits per heavy atom. The number of benzene rings is 2. The summed E-state index contributed by atoms with van der Waals surface area (Å²) in [5, 5.41) is 3.63. The van der Waals surface area contributed by atoms with Gasteiger partial charge in [-0.2, -0.15) is 0 Å². The normalized spacial score (nSPS) is 12.8. The lowest BCUT2D eigenvalue weighted by atomic mass is 9.82. The Labute approximate surface area is 121 Å². The zero-order chi connectivity index (χ0) is 14.6. The van der Waals surface area contributed by atoms with E-state index in [1.807, 2.05) is 24.3 Å². The van der Waals surface area contributed by atoms with Crippen molar-refractivity contribution >= 4 is 5.69 Å². The van der Waals surface area contributed by atoms with Gasteiger partial charge in [-0.25, -0.2) is 0 Å². The molecule has 1 atom stereocenters. The molecule has 0 aromatic heterocycles. The zero-order valence-electron chi connectivity index (χ0n) is 12.7. The van der Waals surface area contributed by atoms with E-state index >= 15 is 0 Å². The Morgan fingerprint density at radius 3 is 2.10 bits per heavy atom. The molecule has 2 rings (SSSR count). The maximum atomic E-state index is 5.43. The number of anilines is 1. The minimum absolute atomic E-state index is 0.0994. The van der Waals surface area contributed by atoms with Crippen LogP contribution < -0.4 is 10.1 Å². The maximum Gasteiger partial charge on any atom is 0.141 e. The number of ether oxygens (including phenoxy) is 1. The molecule has 1 unspecified atom stereocenters. The van der Waals surface area contributed by atoms with Gasteiger partial charge in [-0.15, -0.1) is 0 Å². The summed E-state index contributed by atoms with van der Waals surface area (Å²) in [5.41, 5.74) is 2.41. The van der Waals surface area contributed by atoms with Crippen LogP contribution in [0.3, 0.4) is 0 Å². The second-order valence-electron chi connectivity index (χ2n) is 6.05. The molecule has 0 saturated heterocycles. The zero-order valence-corrected chi connectivity index (χ0v) is 12.7. The fourth-order valence-corrected chi connectivity index (χ4v) is 2.36. The molecule has 0 aliphatic heterocycles. The predicted octanol–water partition coefficient (Wildman–Crippen LogP) is 4.89. The second-order valence-corrected chi connectivity index (χ2v) is 6.05. The molecular weight excluding hydrogens is 246 g/mol. The molecule has 2 aromatic rings. The Balaban J connectivity index is 2.34. The Hall–Kier alpha value is -1.96. The highest BCUT2D eigenvalue weighted by Gasteiger charge is 2.26. The predicted molar refractivity (Wildman–Crippen MR) is 85.3 cm³/mol. The third-order valence-corrected chi connectivity index (χ3v) is 3.41. The molecule has 20 heavy (non-hydrogen) atoms. The highest BCUT2D eigenvalue weighted by Crippen LogP contribution is 2.37. The van der Waals surface area contributed by atoms with Crippen LogP contribution in [-0.4, -0.2) is 7.11 Å². The number of hydrogen-bond donors (Lipinski definition) is 1. The van der Waals surface area contributed by atoms with Gasteiger partial charge in [-0.3, -0.25) is 0 Å². The first-order valence-electron chi connectivity index (χ1n) is 6.97. The van der Waals surface area contributed by atoms with E-state index in [1.54, 1.807) is 7.11 Å². The van der Waals surface area contributed by atoms with Gasteiger partial charge in [0.25, 0.3) is 0 Å². The lowest BCUT2D eigenvalue weighted by Crippen LogP contribution is -2.25. The number of para-hydroxylation sites is 2. The van der Waals surface area contributed by atoms with Crippen LogP contribution in [-0.2, 0) is 0 Å². The van der Waals surface area contributed by atoms with Crippen molar-refractivity contribution in [3.05, 3.63) is 60.2 Å². The molecule has 0 spiro atoms. The minimum Gasteiger partial charge on any atom is -0.495 e. The first-order chi connectivity index (χ1) is 9.52. The van der Waals surface area contributed by atoms with Crippen LogP contribution in [0.15, 0.2) is 54.6 Å². The summed E-state index contributed by atoms with van der Waals surface area (Å²) in [5.74, 6) is 0.873. The molecule has 2 heteroatoms. The van der Waals surface area contributed by atoms with Gasteiger partial charge in [-0.1, -0.05) is 63.2 Å². The summed E-state index contributed by atoms with van der Waals surface area (Å²) in [6.07, 6.45) is 0.